The summed E-state index contributed by atoms with van der Waals surface area (Å²) in [7, 11) is 3.51. The van der Waals surface area contributed by atoms with Crippen molar-refractivity contribution in [2.75, 3.05) is 24.1 Å². The molecule has 0 aromatic carbocycles. The van der Waals surface area contributed by atoms with Gasteiger partial charge in [-0.25, -0.2) is 15.8 Å². The summed E-state index contributed by atoms with van der Waals surface area (Å²) < 4.78 is 0. The Balaban J connectivity index is 2.14. The molecule has 0 amide bonds. The number of hydrazone groups is 1. The third-order valence-corrected chi connectivity index (χ3v) is 2.38. The fourth-order valence-corrected chi connectivity index (χ4v) is 1.36. The maximum atomic E-state index is 5.62. The van der Waals surface area contributed by atoms with Crippen LogP contribution in [-0.2, 0) is 0 Å². The van der Waals surface area contributed by atoms with Crippen molar-refractivity contribution in [2.24, 2.45) is 10.9 Å². The zero-order valence-corrected chi connectivity index (χ0v) is 10.8. The van der Waals surface area contributed by atoms with E-state index in [0.717, 1.165) is 5.69 Å². The third kappa shape index (κ3) is 3.46. The molecule has 2 aromatic rings. The topological polar surface area (TPSA) is 83.5 Å². The van der Waals surface area contributed by atoms with Gasteiger partial charge in [0.05, 0.1) is 11.9 Å². The molecule has 0 bridgehead atoms. The van der Waals surface area contributed by atoms with Gasteiger partial charge in [-0.05, 0) is 12.1 Å². The van der Waals surface area contributed by atoms with Crippen molar-refractivity contribution in [2.45, 2.75) is 0 Å². The van der Waals surface area contributed by atoms with Gasteiger partial charge in [0.1, 0.15) is 12.1 Å². The van der Waals surface area contributed by atoms with Crippen molar-refractivity contribution < 1.29 is 0 Å². The summed E-state index contributed by atoms with van der Waals surface area (Å²) in [5.41, 5.74) is 0.777. The molecule has 2 aromatic heterocycles. The Morgan fingerprint density at radius 3 is 2.63 bits per heavy atom. The molecule has 98 valence electrons. The predicted molar refractivity (Wildman–Crippen MR) is 74.9 cm³/mol. The molecular weight excluding hydrogens is 242 g/mol. The van der Waals surface area contributed by atoms with Gasteiger partial charge in [-0.2, -0.15) is 5.10 Å². The van der Waals surface area contributed by atoms with Crippen LogP contribution in [0.15, 0.2) is 41.9 Å². The molecule has 0 aliphatic carbocycles. The van der Waals surface area contributed by atoms with Crippen LogP contribution in [0, 0.1) is 0 Å². The van der Waals surface area contributed by atoms with Gasteiger partial charge in [-0.1, -0.05) is 6.07 Å². The zero-order valence-electron chi connectivity index (χ0n) is 10.8. The molecule has 0 saturated carbocycles. The molecule has 0 saturated heterocycles. The molecule has 2 rings (SSSR count). The average Bonchev–Trinajstić information content (AvgIpc) is 2.46. The summed E-state index contributed by atoms with van der Waals surface area (Å²) in [6.45, 7) is 0. The number of rotatable bonds is 4. The van der Waals surface area contributed by atoms with E-state index in [-0.39, 0.29) is 0 Å². The van der Waals surface area contributed by atoms with Gasteiger partial charge in [0.2, 0.25) is 0 Å². The van der Waals surface area contributed by atoms with Crippen molar-refractivity contribution in [3.05, 3.63) is 42.5 Å². The van der Waals surface area contributed by atoms with E-state index in [0.29, 0.717) is 11.6 Å². The number of aromatic nitrogens is 3. The molecule has 0 aliphatic heterocycles. The first kappa shape index (κ1) is 12.9. The molecule has 0 unspecified atom stereocenters. The summed E-state index contributed by atoms with van der Waals surface area (Å²) in [4.78, 5) is 12.3. The zero-order chi connectivity index (χ0) is 13.7. The van der Waals surface area contributed by atoms with E-state index in [2.05, 4.69) is 20.1 Å². The molecule has 2 heterocycles. The van der Waals surface area contributed by atoms with Crippen LogP contribution in [0.1, 0.15) is 5.69 Å². The molecule has 0 spiro atoms. The van der Waals surface area contributed by atoms with Gasteiger partial charge in [0, 0.05) is 26.4 Å². The normalized spacial score (nSPS) is 10.7. The Kier molecular flexibility index (Phi) is 3.99. The third-order valence-electron chi connectivity index (χ3n) is 2.38. The van der Waals surface area contributed by atoms with Crippen molar-refractivity contribution in [3.63, 3.8) is 0 Å². The van der Waals surface area contributed by atoms with E-state index >= 15 is 0 Å². The van der Waals surface area contributed by atoms with Crippen molar-refractivity contribution in [1.29, 1.82) is 0 Å². The molecule has 0 aliphatic rings. The van der Waals surface area contributed by atoms with Gasteiger partial charge in [-0.15, -0.1) is 0 Å². The molecule has 7 nitrogen and oxygen atoms in total. The average molecular weight is 257 g/mol. The standard InChI is InChI=1S/C12H15N7/c1-18(13)11-7-12(16-9-15-11)19(2)17-8-10-5-3-4-6-14-10/h3-9H,13H2,1-2H3/b17-8+. The van der Waals surface area contributed by atoms with Gasteiger partial charge in [-0.3, -0.25) is 15.0 Å². The fraction of sp³-hybridized carbons (Fsp3) is 0.167. The second-order valence-electron chi connectivity index (χ2n) is 3.87. The van der Waals surface area contributed by atoms with Crippen LogP contribution >= 0.6 is 0 Å². The van der Waals surface area contributed by atoms with E-state index in [1.165, 1.54) is 11.3 Å². The summed E-state index contributed by atoms with van der Waals surface area (Å²) in [5.74, 6) is 6.89. The quantitative estimate of drug-likeness (QED) is 0.492. The minimum Gasteiger partial charge on any atom is -0.298 e. The van der Waals surface area contributed by atoms with Gasteiger partial charge < -0.3 is 0 Å². The maximum absolute atomic E-state index is 5.62. The molecule has 19 heavy (non-hydrogen) atoms. The monoisotopic (exact) mass is 257 g/mol. The SMILES string of the molecule is CN(N)c1cc(N(C)/N=C/c2ccccn2)ncn1. The van der Waals surface area contributed by atoms with Crippen molar-refractivity contribution in [3.8, 4) is 0 Å². The number of hydrogen-bond acceptors (Lipinski definition) is 7. The second-order valence-corrected chi connectivity index (χ2v) is 3.87. The predicted octanol–water partition coefficient (Wildman–Crippen LogP) is 0.652. The number of anilines is 2. The Morgan fingerprint density at radius 2 is 1.95 bits per heavy atom. The Hall–Kier alpha value is -2.54. The molecule has 7 heteroatoms. The van der Waals surface area contributed by atoms with Crippen LogP contribution in [0.2, 0.25) is 0 Å². The first-order valence-electron chi connectivity index (χ1n) is 5.66. The Bertz CT molecular complexity index is 553. The van der Waals surface area contributed by atoms with Crippen LogP contribution in [0.3, 0.4) is 0 Å². The van der Waals surface area contributed by atoms with Crippen molar-refractivity contribution >= 4 is 17.9 Å². The van der Waals surface area contributed by atoms with Crippen LogP contribution in [0.5, 0.6) is 0 Å². The lowest BCUT2D eigenvalue weighted by Crippen LogP contribution is -2.26. The highest BCUT2D eigenvalue weighted by molar-refractivity contribution is 5.77. The number of nitrogens with two attached hydrogens (primary N) is 1. The Morgan fingerprint density at radius 1 is 1.16 bits per heavy atom. The summed E-state index contributed by atoms with van der Waals surface area (Å²) in [6.07, 6.45) is 4.82. The molecule has 2 N–H and O–H groups in total. The van der Waals surface area contributed by atoms with Gasteiger partial charge >= 0.3 is 0 Å². The lowest BCUT2D eigenvalue weighted by Gasteiger charge is -2.15. The van der Waals surface area contributed by atoms with Crippen LogP contribution in [0.4, 0.5) is 11.6 Å². The van der Waals surface area contributed by atoms with Gasteiger partial charge in [0.15, 0.2) is 5.82 Å². The lowest BCUT2D eigenvalue weighted by atomic mass is 10.4. The van der Waals surface area contributed by atoms with E-state index in [1.807, 2.05) is 18.2 Å². The first-order valence-corrected chi connectivity index (χ1v) is 5.66. The number of nitrogens with zero attached hydrogens (tertiary/aromatic N) is 6. The largest absolute Gasteiger partial charge is 0.298 e. The fourth-order valence-electron chi connectivity index (χ4n) is 1.36. The van der Waals surface area contributed by atoms with Crippen LogP contribution < -0.4 is 15.9 Å². The molecule has 0 radical (unpaired) electrons. The highest BCUT2D eigenvalue weighted by Crippen LogP contribution is 2.13. The number of pyridine rings is 1. The first-order chi connectivity index (χ1) is 9.16. The smallest absolute Gasteiger partial charge is 0.154 e. The van der Waals surface area contributed by atoms with Crippen LogP contribution in [-0.4, -0.2) is 35.3 Å². The van der Waals surface area contributed by atoms with E-state index in [4.69, 9.17) is 5.84 Å². The van der Waals surface area contributed by atoms with E-state index in [9.17, 15) is 0 Å². The highest BCUT2D eigenvalue weighted by Gasteiger charge is 2.04. The molecular formula is C12H15N7. The second kappa shape index (κ2) is 5.87. The molecule has 0 fully saturated rings. The minimum absolute atomic E-state index is 0.616. The lowest BCUT2D eigenvalue weighted by molar-refractivity contribution is 0.929. The number of hydrazine groups is 1. The van der Waals surface area contributed by atoms with Crippen LogP contribution in [0.25, 0.3) is 0 Å². The van der Waals surface area contributed by atoms with E-state index in [1.54, 1.807) is 37.6 Å². The summed E-state index contributed by atoms with van der Waals surface area (Å²) in [6, 6.07) is 7.38. The van der Waals surface area contributed by atoms with Gasteiger partial charge in [0.25, 0.3) is 0 Å². The minimum atomic E-state index is 0.616. The maximum Gasteiger partial charge on any atom is 0.154 e. The van der Waals surface area contributed by atoms with Crippen molar-refractivity contribution in [1.82, 2.24) is 15.0 Å². The molecule has 0 atom stereocenters. The summed E-state index contributed by atoms with van der Waals surface area (Å²) in [5, 5.41) is 7.31. The van der Waals surface area contributed by atoms with E-state index < -0.39 is 0 Å². The summed E-state index contributed by atoms with van der Waals surface area (Å²) >= 11 is 0. The Labute approximate surface area is 111 Å². The highest BCUT2D eigenvalue weighted by atomic mass is 15.5. The number of hydrogen-bond donors (Lipinski definition) is 1.